The van der Waals surface area contributed by atoms with E-state index in [1.165, 1.54) is 0 Å². The van der Waals surface area contributed by atoms with E-state index >= 15 is 0 Å². The average Bonchev–Trinajstić information content (AvgIpc) is 2.17. The van der Waals surface area contributed by atoms with Gasteiger partial charge in [0.2, 0.25) is 0 Å². The van der Waals surface area contributed by atoms with E-state index in [0.717, 1.165) is 13.1 Å². The van der Waals surface area contributed by atoms with Crippen molar-refractivity contribution in [2.45, 2.75) is 0 Å². The summed E-state index contributed by atoms with van der Waals surface area (Å²) in [5.74, 6) is 0.00486. The summed E-state index contributed by atoms with van der Waals surface area (Å²) in [6.45, 7) is 3.22. The van der Waals surface area contributed by atoms with Crippen molar-refractivity contribution in [3.8, 4) is 0 Å². The van der Waals surface area contributed by atoms with Gasteiger partial charge in [-0.25, -0.2) is 8.42 Å². The number of sulfone groups is 1. The second-order valence-electron chi connectivity index (χ2n) is 3.33. The maximum absolute atomic E-state index is 11.3. The zero-order valence-corrected chi connectivity index (χ0v) is 9.00. The summed E-state index contributed by atoms with van der Waals surface area (Å²) in [4.78, 5) is 2.07. The lowest BCUT2D eigenvalue weighted by molar-refractivity contribution is 0.0408. The normalized spacial score (nSPS) is 19.8. The number of aliphatic hydroxyl groups excluding tert-OH is 1. The third kappa shape index (κ3) is 4.36. The quantitative estimate of drug-likeness (QED) is 0.629. The van der Waals surface area contributed by atoms with Crippen molar-refractivity contribution < 1.29 is 18.3 Å². The number of ether oxygens (including phenoxy) is 1. The molecule has 1 saturated heterocycles. The molecular weight excluding hydrogens is 206 g/mol. The van der Waals surface area contributed by atoms with Crippen molar-refractivity contribution in [1.82, 2.24) is 4.90 Å². The number of hydrogen-bond donors (Lipinski definition) is 1. The number of rotatable bonds is 5. The van der Waals surface area contributed by atoms with Crippen molar-refractivity contribution in [3.63, 3.8) is 0 Å². The molecule has 84 valence electrons. The first-order valence-corrected chi connectivity index (χ1v) is 6.57. The first kappa shape index (κ1) is 11.9. The molecular formula is C8H17NO4S. The molecule has 1 N–H and O–H groups in total. The summed E-state index contributed by atoms with van der Waals surface area (Å²) in [6, 6.07) is 0. The predicted molar refractivity (Wildman–Crippen MR) is 53.0 cm³/mol. The molecule has 0 aromatic rings. The zero-order chi connectivity index (χ0) is 10.4. The average molecular weight is 223 g/mol. The van der Waals surface area contributed by atoms with Crippen LogP contribution in [0.15, 0.2) is 0 Å². The Morgan fingerprint density at radius 3 is 2.43 bits per heavy atom. The Hall–Kier alpha value is -0.170. The van der Waals surface area contributed by atoms with Crippen LogP contribution < -0.4 is 0 Å². The fraction of sp³-hybridized carbons (Fsp3) is 1.00. The summed E-state index contributed by atoms with van der Waals surface area (Å²) >= 11 is 0. The Morgan fingerprint density at radius 2 is 1.86 bits per heavy atom. The van der Waals surface area contributed by atoms with E-state index < -0.39 is 9.84 Å². The zero-order valence-electron chi connectivity index (χ0n) is 8.18. The van der Waals surface area contributed by atoms with Crippen molar-refractivity contribution in [3.05, 3.63) is 0 Å². The van der Waals surface area contributed by atoms with Crippen LogP contribution in [0.1, 0.15) is 0 Å². The van der Waals surface area contributed by atoms with E-state index in [1.54, 1.807) is 0 Å². The monoisotopic (exact) mass is 223 g/mol. The molecule has 1 aliphatic rings. The number of nitrogens with zero attached hydrogens (tertiary/aromatic N) is 1. The molecule has 1 aliphatic heterocycles. The van der Waals surface area contributed by atoms with E-state index in [0.29, 0.717) is 19.8 Å². The van der Waals surface area contributed by atoms with Gasteiger partial charge in [0.25, 0.3) is 0 Å². The van der Waals surface area contributed by atoms with E-state index in [9.17, 15) is 8.42 Å². The highest BCUT2D eigenvalue weighted by Gasteiger charge is 2.15. The van der Waals surface area contributed by atoms with E-state index in [2.05, 4.69) is 4.90 Å². The van der Waals surface area contributed by atoms with Gasteiger partial charge in [-0.15, -0.1) is 0 Å². The molecule has 1 rings (SSSR count). The molecule has 5 nitrogen and oxygen atoms in total. The van der Waals surface area contributed by atoms with Crippen LogP contribution in [0.5, 0.6) is 0 Å². The van der Waals surface area contributed by atoms with Gasteiger partial charge in [-0.3, -0.25) is 4.90 Å². The highest BCUT2D eigenvalue weighted by Crippen LogP contribution is 1.98. The molecule has 0 unspecified atom stereocenters. The van der Waals surface area contributed by atoms with Gasteiger partial charge in [-0.1, -0.05) is 0 Å². The summed E-state index contributed by atoms with van der Waals surface area (Å²) < 4.78 is 27.7. The molecule has 0 amide bonds. The Balaban J connectivity index is 2.24. The number of hydrogen-bond acceptors (Lipinski definition) is 5. The molecule has 0 aliphatic carbocycles. The van der Waals surface area contributed by atoms with Crippen LogP contribution in [-0.2, 0) is 14.6 Å². The van der Waals surface area contributed by atoms with Gasteiger partial charge in [0.15, 0.2) is 9.84 Å². The van der Waals surface area contributed by atoms with Crippen molar-refractivity contribution in [2.75, 3.05) is 51.0 Å². The van der Waals surface area contributed by atoms with Crippen LogP contribution in [-0.4, -0.2) is 69.4 Å². The van der Waals surface area contributed by atoms with Crippen LogP contribution in [0.2, 0.25) is 0 Å². The SMILES string of the molecule is O=S(=O)(CCO)CCN1CCOCC1. The predicted octanol–water partition coefficient (Wildman–Crippen LogP) is -1.27. The fourth-order valence-corrected chi connectivity index (χ4v) is 2.35. The van der Waals surface area contributed by atoms with Gasteiger partial charge in [0.1, 0.15) is 0 Å². The van der Waals surface area contributed by atoms with Gasteiger partial charge in [-0.2, -0.15) is 0 Å². The second-order valence-corrected chi connectivity index (χ2v) is 5.63. The highest BCUT2D eigenvalue weighted by molar-refractivity contribution is 7.91. The minimum atomic E-state index is -3.06. The van der Waals surface area contributed by atoms with Crippen LogP contribution in [0, 0.1) is 0 Å². The molecule has 14 heavy (non-hydrogen) atoms. The fourth-order valence-electron chi connectivity index (χ4n) is 1.33. The van der Waals surface area contributed by atoms with E-state index in [4.69, 9.17) is 9.84 Å². The topological polar surface area (TPSA) is 66.8 Å². The van der Waals surface area contributed by atoms with Crippen LogP contribution in [0.3, 0.4) is 0 Å². The van der Waals surface area contributed by atoms with Gasteiger partial charge >= 0.3 is 0 Å². The molecule has 0 bridgehead atoms. The largest absolute Gasteiger partial charge is 0.395 e. The maximum atomic E-state index is 11.3. The minimum Gasteiger partial charge on any atom is -0.395 e. The molecule has 0 aromatic carbocycles. The molecule has 0 spiro atoms. The standard InChI is InChI=1S/C8H17NO4S/c10-4-8-14(11,12)7-3-9-1-5-13-6-2-9/h10H,1-8H2. The summed E-state index contributed by atoms with van der Waals surface area (Å²) in [5.41, 5.74) is 0. The maximum Gasteiger partial charge on any atom is 0.153 e. The Bertz CT molecular complexity index is 246. The lowest BCUT2D eigenvalue weighted by atomic mass is 10.4. The third-order valence-corrected chi connectivity index (χ3v) is 3.83. The van der Waals surface area contributed by atoms with Crippen molar-refractivity contribution >= 4 is 9.84 Å². The third-order valence-electron chi connectivity index (χ3n) is 2.22. The molecule has 1 fully saturated rings. The highest BCUT2D eigenvalue weighted by atomic mass is 32.2. The van der Waals surface area contributed by atoms with Crippen molar-refractivity contribution in [1.29, 1.82) is 0 Å². The van der Waals surface area contributed by atoms with Gasteiger partial charge in [-0.05, 0) is 0 Å². The van der Waals surface area contributed by atoms with Gasteiger partial charge < -0.3 is 9.84 Å². The van der Waals surface area contributed by atoms with Crippen molar-refractivity contribution in [2.24, 2.45) is 0 Å². The first-order chi connectivity index (χ1) is 6.64. The molecule has 0 saturated carbocycles. The Morgan fingerprint density at radius 1 is 1.21 bits per heavy atom. The van der Waals surface area contributed by atoms with Crippen LogP contribution in [0.4, 0.5) is 0 Å². The second kappa shape index (κ2) is 5.65. The first-order valence-electron chi connectivity index (χ1n) is 4.75. The lowest BCUT2D eigenvalue weighted by Crippen LogP contribution is -2.39. The van der Waals surface area contributed by atoms with Gasteiger partial charge in [0, 0.05) is 19.6 Å². The smallest absolute Gasteiger partial charge is 0.153 e. The molecule has 0 aromatic heterocycles. The number of aliphatic hydroxyl groups is 1. The lowest BCUT2D eigenvalue weighted by Gasteiger charge is -2.26. The van der Waals surface area contributed by atoms with Crippen LogP contribution >= 0.6 is 0 Å². The van der Waals surface area contributed by atoms with E-state index in [1.807, 2.05) is 0 Å². The molecule has 1 heterocycles. The summed E-state index contributed by atoms with van der Waals surface area (Å²) in [5, 5.41) is 8.53. The molecule has 0 atom stereocenters. The summed E-state index contributed by atoms with van der Waals surface area (Å²) in [6.07, 6.45) is 0. The van der Waals surface area contributed by atoms with Gasteiger partial charge in [0.05, 0.1) is 31.3 Å². The molecule has 0 radical (unpaired) electrons. The summed E-state index contributed by atoms with van der Waals surface area (Å²) in [7, 11) is -3.06. The Kier molecular flexibility index (Phi) is 4.80. The Labute approximate surface area is 84.6 Å². The number of morpholine rings is 1. The van der Waals surface area contributed by atoms with Crippen LogP contribution in [0.25, 0.3) is 0 Å². The van der Waals surface area contributed by atoms with E-state index in [-0.39, 0.29) is 18.1 Å². The minimum absolute atomic E-state index is 0.128. The molecule has 6 heteroatoms.